The van der Waals surface area contributed by atoms with Gasteiger partial charge in [-0.15, -0.1) is 0 Å². The van der Waals surface area contributed by atoms with Crippen molar-refractivity contribution in [1.29, 1.82) is 0 Å². The molecule has 0 aliphatic carbocycles. The van der Waals surface area contributed by atoms with Crippen LogP contribution in [-0.4, -0.2) is 40.3 Å². The monoisotopic (exact) mass is 324 g/mol. The second kappa shape index (κ2) is 7.43. The molecule has 5 N–H and O–H groups in total. The molecule has 0 spiro atoms. The van der Waals surface area contributed by atoms with E-state index in [4.69, 9.17) is 10.5 Å². The molecule has 2 unspecified atom stereocenters. The third-order valence-electron chi connectivity index (χ3n) is 3.03. The standard InChI is InChI=1S/C16H24N2O5/c1-9(19)10-5-6-11(12(17)7-10)14(21)13(20)8-18-15(22)23-16(2,3)4/h5-7,13-14,20-21H,8,17H2,1-4H3,(H,18,22). The highest BCUT2D eigenvalue weighted by atomic mass is 16.6. The van der Waals surface area contributed by atoms with Crippen LogP contribution in [0.5, 0.6) is 0 Å². The molecule has 0 aliphatic rings. The first-order chi connectivity index (χ1) is 10.5. The summed E-state index contributed by atoms with van der Waals surface area (Å²) in [7, 11) is 0. The van der Waals surface area contributed by atoms with Crippen LogP contribution >= 0.6 is 0 Å². The lowest BCUT2D eigenvalue weighted by atomic mass is 9.99. The van der Waals surface area contributed by atoms with Gasteiger partial charge < -0.3 is 26.0 Å². The fraction of sp³-hybridized carbons (Fsp3) is 0.500. The molecule has 0 fully saturated rings. The Kier molecular flexibility index (Phi) is 6.12. The van der Waals surface area contributed by atoms with Gasteiger partial charge in [0, 0.05) is 23.4 Å². The second-order valence-electron chi connectivity index (χ2n) is 6.29. The number of nitrogens with two attached hydrogens (primary N) is 1. The van der Waals surface area contributed by atoms with Crippen LogP contribution in [0.2, 0.25) is 0 Å². The number of carbonyl (C=O) groups is 2. The Balaban J connectivity index is 2.68. The van der Waals surface area contributed by atoms with Crippen LogP contribution in [0, 0.1) is 0 Å². The summed E-state index contributed by atoms with van der Waals surface area (Å²) < 4.78 is 5.03. The lowest BCUT2D eigenvalue weighted by molar-refractivity contribution is 0.0133. The molecule has 1 aromatic carbocycles. The zero-order valence-electron chi connectivity index (χ0n) is 13.8. The van der Waals surface area contributed by atoms with Gasteiger partial charge >= 0.3 is 6.09 Å². The van der Waals surface area contributed by atoms with E-state index in [9.17, 15) is 19.8 Å². The van der Waals surface area contributed by atoms with Crippen molar-refractivity contribution in [3.8, 4) is 0 Å². The summed E-state index contributed by atoms with van der Waals surface area (Å²) in [5.41, 5.74) is 6.05. The molecule has 0 aliphatic heterocycles. The predicted octanol–water partition coefficient (Wildman–Crippen LogP) is 1.39. The van der Waals surface area contributed by atoms with Gasteiger partial charge in [0.2, 0.25) is 0 Å². The minimum atomic E-state index is -1.30. The summed E-state index contributed by atoms with van der Waals surface area (Å²) in [5, 5.41) is 22.5. The van der Waals surface area contributed by atoms with E-state index in [1.54, 1.807) is 20.8 Å². The third-order valence-corrected chi connectivity index (χ3v) is 3.03. The molecule has 1 rings (SSSR count). The van der Waals surface area contributed by atoms with Crippen LogP contribution in [0.1, 0.15) is 49.7 Å². The van der Waals surface area contributed by atoms with Crippen molar-refractivity contribution in [2.24, 2.45) is 0 Å². The number of anilines is 1. The number of carbonyl (C=O) groups excluding carboxylic acids is 2. The van der Waals surface area contributed by atoms with Gasteiger partial charge in [-0.3, -0.25) is 4.79 Å². The summed E-state index contributed by atoms with van der Waals surface area (Å²) in [6.07, 6.45) is -3.26. The number of hydrogen-bond donors (Lipinski definition) is 4. The van der Waals surface area contributed by atoms with Gasteiger partial charge in [-0.1, -0.05) is 12.1 Å². The number of benzene rings is 1. The first-order valence-corrected chi connectivity index (χ1v) is 7.24. The highest BCUT2D eigenvalue weighted by Gasteiger charge is 2.23. The van der Waals surface area contributed by atoms with Crippen molar-refractivity contribution in [2.75, 3.05) is 12.3 Å². The van der Waals surface area contributed by atoms with Gasteiger partial charge in [-0.25, -0.2) is 4.79 Å². The van der Waals surface area contributed by atoms with E-state index in [1.165, 1.54) is 25.1 Å². The molecule has 0 bridgehead atoms. The zero-order valence-corrected chi connectivity index (χ0v) is 13.8. The Morgan fingerprint density at radius 2 is 1.91 bits per heavy atom. The van der Waals surface area contributed by atoms with Crippen molar-refractivity contribution in [1.82, 2.24) is 5.32 Å². The average molecular weight is 324 g/mol. The second-order valence-corrected chi connectivity index (χ2v) is 6.29. The lowest BCUT2D eigenvalue weighted by Gasteiger charge is -2.23. The van der Waals surface area contributed by atoms with E-state index in [0.29, 0.717) is 5.56 Å². The fourth-order valence-electron chi connectivity index (χ4n) is 1.88. The number of alkyl carbamates (subject to hydrolysis) is 1. The van der Waals surface area contributed by atoms with Crippen LogP contribution in [0.3, 0.4) is 0 Å². The number of ketones is 1. The molecule has 7 heteroatoms. The van der Waals surface area contributed by atoms with Gasteiger partial charge in [-0.2, -0.15) is 0 Å². The van der Waals surface area contributed by atoms with E-state index in [0.717, 1.165) is 0 Å². The number of ether oxygens (including phenoxy) is 1. The molecule has 1 amide bonds. The predicted molar refractivity (Wildman–Crippen MR) is 86.1 cm³/mol. The Morgan fingerprint density at radius 1 is 1.30 bits per heavy atom. The van der Waals surface area contributed by atoms with Crippen molar-refractivity contribution >= 4 is 17.6 Å². The molecule has 0 aromatic heterocycles. The molecule has 1 aromatic rings. The van der Waals surface area contributed by atoms with Crippen molar-refractivity contribution in [3.63, 3.8) is 0 Å². The summed E-state index contributed by atoms with van der Waals surface area (Å²) in [5.74, 6) is -0.148. The molecule has 0 saturated heterocycles. The highest BCUT2D eigenvalue weighted by molar-refractivity contribution is 5.95. The summed E-state index contributed by atoms with van der Waals surface area (Å²) in [6, 6.07) is 4.44. The van der Waals surface area contributed by atoms with Gasteiger partial charge in [0.25, 0.3) is 0 Å². The molecule has 7 nitrogen and oxygen atoms in total. The summed E-state index contributed by atoms with van der Waals surface area (Å²) >= 11 is 0. The molecule has 0 heterocycles. The Bertz CT molecular complexity index is 580. The molecule has 23 heavy (non-hydrogen) atoms. The molecular formula is C16H24N2O5. The number of hydrogen-bond acceptors (Lipinski definition) is 6. The van der Waals surface area contributed by atoms with Crippen LogP contribution in [0.15, 0.2) is 18.2 Å². The molecule has 2 atom stereocenters. The molecule has 0 saturated carbocycles. The number of aliphatic hydroxyl groups is 2. The van der Waals surface area contributed by atoms with Crippen LogP contribution < -0.4 is 11.1 Å². The SMILES string of the molecule is CC(=O)c1ccc(C(O)C(O)CNC(=O)OC(C)(C)C)c(N)c1. The van der Waals surface area contributed by atoms with E-state index in [-0.39, 0.29) is 23.6 Å². The number of rotatable bonds is 5. The van der Waals surface area contributed by atoms with Gasteiger partial charge in [0.1, 0.15) is 17.8 Å². The quantitative estimate of drug-likeness (QED) is 0.479. The average Bonchev–Trinajstić information content (AvgIpc) is 2.41. The smallest absolute Gasteiger partial charge is 0.407 e. The first kappa shape index (κ1) is 18.9. The molecular weight excluding hydrogens is 300 g/mol. The van der Waals surface area contributed by atoms with Crippen molar-refractivity contribution in [3.05, 3.63) is 29.3 Å². The van der Waals surface area contributed by atoms with E-state index < -0.39 is 23.9 Å². The van der Waals surface area contributed by atoms with Gasteiger partial charge in [0.15, 0.2) is 5.78 Å². The van der Waals surface area contributed by atoms with Crippen molar-refractivity contribution < 1.29 is 24.5 Å². The molecule has 0 radical (unpaired) electrons. The van der Waals surface area contributed by atoms with Crippen LogP contribution in [0.4, 0.5) is 10.5 Å². The first-order valence-electron chi connectivity index (χ1n) is 7.24. The normalized spacial score (nSPS) is 14.0. The fourth-order valence-corrected chi connectivity index (χ4v) is 1.88. The Hall–Kier alpha value is -2.12. The number of aliphatic hydroxyl groups excluding tert-OH is 2. The third kappa shape index (κ3) is 5.88. The number of Topliss-reactive ketones (excluding diaryl/α,β-unsaturated/α-hetero) is 1. The van der Waals surface area contributed by atoms with Gasteiger partial charge in [0.05, 0.1) is 0 Å². The number of amides is 1. The highest BCUT2D eigenvalue weighted by Crippen LogP contribution is 2.24. The molecule has 128 valence electrons. The summed E-state index contributed by atoms with van der Waals surface area (Å²) in [4.78, 5) is 22.8. The maximum Gasteiger partial charge on any atom is 0.407 e. The Labute approximate surface area is 135 Å². The number of nitrogens with one attached hydrogen (secondary N) is 1. The van der Waals surface area contributed by atoms with Crippen LogP contribution in [0.25, 0.3) is 0 Å². The van der Waals surface area contributed by atoms with E-state index in [1.807, 2.05) is 0 Å². The number of nitrogen functional groups attached to an aromatic ring is 1. The van der Waals surface area contributed by atoms with E-state index >= 15 is 0 Å². The lowest BCUT2D eigenvalue weighted by Crippen LogP contribution is -2.39. The Morgan fingerprint density at radius 3 is 2.39 bits per heavy atom. The van der Waals surface area contributed by atoms with Crippen LogP contribution in [-0.2, 0) is 4.74 Å². The van der Waals surface area contributed by atoms with E-state index in [2.05, 4.69) is 5.32 Å². The minimum Gasteiger partial charge on any atom is -0.444 e. The largest absolute Gasteiger partial charge is 0.444 e. The summed E-state index contributed by atoms with van der Waals surface area (Å²) in [6.45, 7) is 6.36. The maximum absolute atomic E-state index is 11.5. The van der Waals surface area contributed by atoms with Crippen molar-refractivity contribution in [2.45, 2.75) is 45.5 Å². The minimum absolute atomic E-state index is 0.148. The topological polar surface area (TPSA) is 122 Å². The maximum atomic E-state index is 11.5. The van der Waals surface area contributed by atoms with Gasteiger partial charge in [-0.05, 0) is 33.8 Å². The zero-order chi connectivity index (χ0) is 17.8.